The normalized spacial score (nSPS) is 15.8. The molecule has 0 atom stereocenters. The van der Waals surface area contributed by atoms with Gasteiger partial charge in [-0.1, -0.05) is 0 Å². The lowest BCUT2D eigenvalue weighted by Gasteiger charge is -2.25. The number of aromatic nitrogens is 2. The molecule has 0 amide bonds. The highest BCUT2D eigenvalue weighted by atomic mass is 16.5. The summed E-state index contributed by atoms with van der Waals surface area (Å²) in [5, 5.41) is 4.37. The largest absolute Gasteiger partial charge is 0.497 e. The van der Waals surface area contributed by atoms with Crippen LogP contribution in [0.25, 0.3) is 5.69 Å². The predicted molar refractivity (Wildman–Crippen MR) is 94.6 cm³/mol. The number of rotatable bonds is 7. The van der Waals surface area contributed by atoms with Gasteiger partial charge in [-0.25, -0.2) is 4.68 Å². The average Bonchev–Trinajstić information content (AvgIpc) is 3.15. The van der Waals surface area contributed by atoms with Gasteiger partial charge in [0.1, 0.15) is 5.75 Å². The second-order valence-corrected chi connectivity index (χ2v) is 6.53. The number of nitrogens with zero attached hydrogens (tertiary/aromatic N) is 3. The molecule has 5 nitrogen and oxygen atoms in total. The summed E-state index contributed by atoms with van der Waals surface area (Å²) in [5.41, 5.74) is 2.34. The zero-order chi connectivity index (χ0) is 16.8. The molecule has 1 aliphatic heterocycles. The first-order chi connectivity index (χ1) is 11.8. The van der Waals surface area contributed by atoms with Gasteiger partial charge in [0.25, 0.3) is 0 Å². The predicted octanol–water partition coefficient (Wildman–Crippen LogP) is 3.13. The van der Waals surface area contributed by atoms with Crippen LogP contribution >= 0.6 is 0 Å². The van der Waals surface area contributed by atoms with Gasteiger partial charge in [0.05, 0.1) is 12.8 Å². The number of hydrogen-bond donors (Lipinski definition) is 0. The van der Waals surface area contributed by atoms with E-state index in [1.165, 1.54) is 24.8 Å². The summed E-state index contributed by atoms with van der Waals surface area (Å²) in [4.78, 5) is 2.39. The Morgan fingerprint density at radius 3 is 2.88 bits per heavy atom. The molecule has 2 heterocycles. The molecule has 1 fully saturated rings. The second kappa shape index (κ2) is 8.31. The molecule has 130 valence electrons. The molecule has 0 unspecified atom stereocenters. The van der Waals surface area contributed by atoms with Crippen LogP contribution in [0.1, 0.15) is 24.8 Å². The van der Waals surface area contributed by atoms with Gasteiger partial charge < -0.3 is 14.4 Å². The lowest BCUT2D eigenvalue weighted by Crippen LogP contribution is -2.24. The maximum Gasteiger partial charge on any atom is 0.119 e. The van der Waals surface area contributed by atoms with Crippen molar-refractivity contribution in [3.63, 3.8) is 0 Å². The summed E-state index contributed by atoms with van der Waals surface area (Å²) in [5.74, 6) is 1.69. The van der Waals surface area contributed by atoms with Crippen LogP contribution in [0, 0.1) is 5.92 Å². The Kier molecular flexibility index (Phi) is 5.88. The first kappa shape index (κ1) is 17.0. The molecule has 1 aromatic carbocycles. The molecule has 0 radical (unpaired) electrons. The van der Waals surface area contributed by atoms with Gasteiger partial charge >= 0.3 is 0 Å². The zero-order valence-corrected chi connectivity index (χ0v) is 14.6. The third-order valence-electron chi connectivity index (χ3n) is 4.74. The fourth-order valence-electron chi connectivity index (χ4n) is 3.26. The maximum absolute atomic E-state index is 5.45. The number of hydrogen-bond acceptors (Lipinski definition) is 4. The van der Waals surface area contributed by atoms with Crippen molar-refractivity contribution in [1.29, 1.82) is 0 Å². The van der Waals surface area contributed by atoms with Crippen molar-refractivity contribution in [1.82, 2.24) is 14.7 Å². The van der Waals surface area contributed by atoms with Crippen molar-refractivity contribution in [3.05, 3.63) is 42.2 Å². The molecule has 0 aliphatic carbocycles. The minimum atomic E-state index is 0.803. The lowest BCUT2D eigenvalue weighted by atomic mass is 9.96. The molecule has 0 saturated carbocycles. The summed E-state index contributed by atoms with van der Waals surface area (Å²) in [7, 11) is 3.90. The molecule has 0 spiro atoms. The molecule has 0 bridgehead atoms. The number of ether oxygens (including phenoxy) is 2. The Bertz CT molecular complexity index is 622. The molecular formula is C19H27N3O2. The van der Waals surface area contributed by atoms with Crippen molar-refractivity contribution in [2.75, 3.05) is 33.9 Å². The van der Waals surface area contributed by atoms with Gasteiger partial charge in [-0.2, -0.15) is 5.10 Å². The fraction of sp³-hybridized carbons (Fsp3) is 0.526. The number of methoxy groups -OCH3 is 1. The Balaban J connectivity index is 1.66. The van der Waals surface area contributed by atoms with Gasteiger partial charge in [0.15, 0.2) is 0 Å². The molecule has 24 heavy (non-hydrogen) atoms. The summed E-state index contributed by atoms with van der Waals surface area (Å²) >= 11 is 0. The van der Waals surface area contributed by atoms with Crippen LogP contribution in [0.3, 0.4) is 0 Å². The van der Waals surface area contributed by atoms with E-state index in [2.05, 4.69) is 29.2 Å². The quantitative estimate of drug-likeness (QED) is 0.782. The number of benzene rings is 1. The van der Waals surface area contributed by atoms with Crippen molar-refractivity contribution in [3.8, 4) is 11.4 Å². The third kappa shape index (κ3) is 4.36. The monoisotopic (exact) mass is 329 g/mol. The van der Waals surface area contributed by atoms with E-state index in [4.69, 9.17) is 9.47 Å². The van der Waals surface area contributed by atoms with E-state index in [1.807, 2.05) is 29.2 Å². The fourth-order valence-corrected chi connectivity index (χ4v) is 3.26. The van der Waals surface area contributed by atoms with E-state index < -0.39 is 0 Å². The van der Waals surface area contributed by atoms with E-state index in [-0.39, 0.29) is 0 Å². The van der Waals surface area contributed by atoms with Gasteiger partial charge in [-0.3, -0.25) is 0 Å². The average molecular weight is 329 g/mol. The highest BCUT2D eigenvalue weighted by Gasteiger charge is 2.15. The molecule has 1 saturated heterocycles. The van der Waals surface area contributed by atoms with Crippen LogP contribution in [0.15, 0.2) is 36.7 Å². The van der Waals surface area contributed by atoms with Crippen LogP contribution in [0.5, 0.6) is 5.75 Å². The molecule has 3 rings (SSSR count). The minimum absolute atomic E-state index is 0.803. The third-order valence-corrected chi connectivity index (χ3v) is 4.74. The van der Waals surface area contributed by atoms with Crippen LogP contribution in [0.2, 0.25) is 0 Å². The molecular weight excluding hydrogens is 302 g/mol. The molecule has 1 aromatic heterocycles. The van der Waals surface area contributed by atoms with Crippen molar-refractivity contribution in [2.45, 2.75) is 25.8 Å². The minimum Gasteiger partial charge on any atom is -0.497 e. The van der Waals surface area contributed by atoms with Crippen LogP contribution in [-0.2, 0) is 11.3 Å². The summed E-state index contributed by atoms with van der Waals surface area (Å²) in [6.07, 6.45) is 7.42. The smallest absolute Gasteiger partial charge is 0.119 e. The van der Waals surface area contributed by atoms with Crippen LogP contribution < -0.4 is 4.74 Å². The Morgan fingerprint density at radius 1 is 1.33 bits per heavy atom. The van der Waals surface area contributed by atoms with Gasteiger partial charge in [0, 0.05) is 32.2 Å². The SMILES string of the molecule is COc1ccc(-n2cccn2)c(CN(C)CCC2CCOCC2)c1. The van der Waals surface area contributed by atoms with Crippen LogP contribution in [-0.4, -0.2) is 48.6 Å². The van der Waals surface area contributed by atoms with E-state index in [0.29, 0.717) is 0 Å². The summed E-state index contributed by atoms with van der Waals surface area (Å²) in [6, 6.07) is 8.13. The first-order valence-electron chi connectivity index (χ1n) is 8.69. The van der Waals surface area contributed by atoms with Crippen molar-refractivity contribution in [2.24, 2.45) is 5.92 Å². The van der Waals surface area contributed by atoms with Gasteiger partial charge in [0.2, 0.25) is 0 Å². The Morgan fingerprint density at radius 2 is 2.17 bits per heavy atom. The van der Waals surface area contributed by atoms with Gasteiger partial charge in [-0.05, 0) is 68.6 Å². The molecule has 0 N–H and O–H groups in total. The van der Waals surface area contributed by atoms with Crippen molar-refractivity contribution < 1.29 is 9.47 Å². The van der Waals surface area contributed by atoms with E-state index in [1.54, 1.807) is 7.11 Å². The summed E-state index contributed by atoms with van der Waals surface area (Å²) in [6.45, 7) is 3.83. The Hall–Kier alpha value is -1.85. The van der Waals surface area contributed by atoms with E-state index >= 15 is 0 Å². The van der Waals surface area contributed by atoms with Gasteiger partial charge in [-0.15, -0.1) is 0 Å². The Labute approximate surface area is 144 Å². The second-order valence-electron chi connectivity index (χ2n) is 6.53. The summed E-state index contributed by atoms with van der Waals surface area (Å²) < 4.78 is 12.8. The van der Waals surface area contributed by atoms with Crippen LogP contribution in [0.4, 0.5) is 0 Å². The topological polar surface area (TPSA) is 39.5 Å². The maximum atomic E-state index is 5.45. The lowest BCUT2D eigenvalue weighted by molar-refractivity contribution is 0.0608. The highest BCUT2D eigenvalue weighted by molar-refractivity contribution is 5.45. The van der Waals surface area contributed by atoms with Crippen molar-refractivity contribution >= 4 is 0 Å². The first-order valence-corrected chi connectivity index (χ1v) is 8.69. The van der Waals surface area contributed by atoms with E-state index in [0.717, 1.165) is 43.7 Å². The zero-order valence-electron chi connectivity index (χ0n) is 14.6. The molecule has 5 heteroatoms. The molecule has 2 aromatic rings. The highest BCUT2D eigenvalue weighted by Crippen LogP contribution is 2.23. The van der Waals surface area contributed by atoms with E-state index in [9.17, 15) is 0 Å². The molecule has 1 aliphatic rings. The standard InChI is InChI=1S/C19H27N3O2/c1-21(11-6-16-7-12-24-13-8-16)15-17-14-18(23-2)4-5-19(17)22-10-3-9-20-22/h3-5,9-10,14,16H,6-8,11-13,15H2,1-2H3.